The lowest BCUT2D eigenvalue weighted by Gasteiger charge is -2.10. The summed E-state index contributed by atoms with van der Waals surface area (Å²) in [5, 5.41) is 5.39. The van der Waals surface area contributed by atoms with Crippen LogP contribution in [-0.4, -0.2) is 12.1 Å². The highest BCUT2D eigenvalue weighted by atomic mass is 35.5. The van der Waals surface area contributed by atoms with E-state index in [9.17, 15) is 4.79 Å². The number of hydrogen-bond acceptors (Lipinski definition) is 3. The van der Waals surface area contributed by atoms with E-state index in [-0.39, 0.29) is 0 Å². The molecule has 0 atom stereocenters. The Labute approximate surface area is 177 Å². The molecule has 0 aliphatic rings. The number of rotatable bonds is 6. The Bertz CT molecular complexity index is 1000. The van der Waals surface area contributed by atoms with E-state index in [1.54, 1.807) is 54.6 Å². The summed E-state index contributed by atoms with van der Waals surface area (Å²) in [4.78, 5) is 12.5. The summed E-state index contributed by atoms with van der Waals surface area (Å²) in [7, 11) is 0. The Morgan fingerprint density at radius 3 is 2.50 bits per heavy atom. The van der Waals surface area contributed by atoms with Crippen LogP contribution in [0, 0.1) is 0 Å². The lowest BCUT2D eigenvalue weighted by atomic mass is 10.2. The van der Waals surface area contributed by atoms with Gasteiger partial charge in [0, 0.05) is 10.6 Å². The van der Waals surface area contributed by atoms with Crippen LogP contribution in [0.1, 0.15) is 21.5 Å². The van der Waals surface area contributed by atoms with E-state index in [2.05, 4.69) is 10.5 Å². The average molecular weight is 434 g/mol. The maximum atomic E-state index is 12.5. The molecule has 0 spiro atoms. The van der Waals surface area contributed by atoms with Crippen LogP contribution >= 0.6 is 34.8 Å². The van der Waals surface area contributed by atoms with Crippen molar-refractivity contribution in [1.29, 1.82) is 0 Å². The summed E-state index contributed by atoms with van der Waals surface area (Å²) in [6.07, 6.45) is 1.43. The number of hydrogen-bond donors (Lipinski definition) is 1. The summed E-state index contributed by atoms with van der Waals surface area (Å²) in [5.74, 6) is 0.0482. The minimum atomic E-state index is -0.402. The Hall–Kier alpha value is -2.53. The molecule has 28 heavy (non-hydrogen) atoms. The molecule has 3 aromatic carbocycles. The van der Waals surface area contributed by atoms with Crippen molar-refractivity contribution in [1.82, 2.24) is 5.43 Å². The number of hydrazone groups is 1. The number of carbonyl (C=O) groups excluding carboxylic acids is 1. The third-order valence-corrected chi connectivity index (χ3v) is 4.88. The molecule has 4 nitrogen and oxygen atoms in total. The normalized spacial score (nSPS) is 10.8. The van der Waals surface area contributed by atoms with E-state index < -0.39 is 5.91 Å². The first-order chi connectivity index (χ1) is 13.5. The van der Waals surface area contributed by atoms with Gasteiger partial charge in [0.05, 0.1) is 21.8 Å². The third-order valence-electron chi connectivity index (χ3n) is 3.79. The van der Waals surface area contributed by atoms with Gasteiger partial charge in [-0.2, -0.15) is 5.10 Å². The minimum absolute atomic E-state index is 0.308. The van der Waals surface area contributed by atoms with Gasteiger partial charge in [-0.1, -0.05) is 71.2 Å². The third kappa shape index (κ3) is 5.26. The van der Waals surface area contributed by atoms with Crippen LogP contribution in [-0.2, 0) is 6.61 Å². The molecule has 0 aromatic heterocycles. The molecule has 3 aromatic rings. The number of amides is 1. The fourth-order valence-electron chi connectivity index (χ4n) is 2.36. The van der Waals surface area contributed by atoms with Crippen LogP contribution in [0.5, 0.6) is 5.75 Å². The number of para-hydroxylation sites is 1. The topological polar surface area (TPSA) is 50.7 Å². The van der Waals surface area contributed by atoms with Crippen LogP contribution in [0.3, 0.4) is 0 Å². The Balaban J connectivity index is 1.67. The molecule has 0 aliphatic heterocycles. The summed E-state index contributed by atoms with van der Waals surface area (Å²) < 4.78 is 5.79. The fourth-order valence-corrected chi connectivity index (χ4v) is 2.85. The molecule has 0 aliphatic carbocycles. The first-order valence-electron chi connectivity index (χ1n) is 8.28. The zero-order chi connectivity index (χ0) is 19.9. The van der Waals surface area contributed by atoms with Crippen molar-refractivity contribution in [2.24, 2.45) is 5.10 Å². The highest BCUT2D eigenvalue weighted by Crippen LogP contribution is 2.24. The number of nitrogens with zero attached hydrogens (tertiary/aromatic N) is 1. The second-order valence-electron chi connectivity index (χ2n) is 5.75. The molecule has 0 heterocycles. The van der Waals surface area contributed by atoms with Crippen molar-refractivity contribution in [2.45, 2.75) is 6.61 Å². The molecule has 142 valence electrons. The number of nitrogens with one attached hydrogen (secondary N) is 1. The fraction of sp³-hybridized carbons (Fsp3) is 0.0476. The average Bonchev–Trinajstić information content (AvgIpc) is 2.71. The van der Waals surface area contributed by atoms with E-state index in [1.165, 1.54) is 6.21 Å². The van der Waals surface area contributed by atoms with E-state index >= 15 is 0 Å². The maximum absolute atomic E-state index is 12.5. The highest BCUT2D eigenvalue weighted by molar-refractivity contribution is 6.43. The first-order valence-corrected chi connectivity index (χ1v) is 9.41. The van der Waals surface area contributed by atoms with Gasteiger partial charge < -0.3 is 4.74 Å². The molecular formula is C21H15Cl3N2O2. The van der Waals surface area contributed by atoms with Crippen LogP contribution in [0.4, 0.5) is 0 Å². The van der Waals surface area contributed by atoms with E-state index in [0.29, 0.717) is 38.6 Å². The molecule has 0 saturated carbocycles. The highest BCUT2D eigenvalue weighted by Gasteiger charge is 2.11. The summed E-state index contributed by atoms with van der Waals surface area (Å²) in [6.45, 7) is 0.308. The van der Waals surface area contributed by atoms with Crippen LogP contribution in [0.25, 0.3) is 0 Å². The van der Waals surface area contributed by atoms with Gasteiger partial charge in [-0.15, -0.1) is 0 Å². The van der Waals surface area contributed by atoms with E-state index in [0.717, 1.165) is 5.56 Å². The summed E-state index contributed by atoms with van der Waals surface area (Å²) >= 11 is 17.9. The molecule has 0 radical (unpaired) electrons. The van der Waals surface area contributed by atoms with Crippen molar-refractivity contribution in [3.8, 4) is 5.75 Å². The molecule has 0 unspecified atom stereocenters. The molecule has 3 rings (SSSR count). The lowest BCUT2D eigenvalue weighted by molar-refractivity contribution is 0.0950. The van der Waals surface area contributed by atoms with Crippen molar-refractivity contribution >= 4 is 46.9 Å². The predicted octanol–water partition coefficient (Wildman–Crippen LogP) is 5.99. The number of ether oxygens (including phenoxy) is 1. The summed E-state index contributed by atoms with van der Waals surface area (Å²) in [6, 6.07) is 19.4. The zero-order valence-electron chi connectivity index (χ0n) is 14.5. The van der Waals surface area contributed by atoms with Gasteiger partial charge >= 0.3 is 0 Å². The maximum Gasteiger partial charge on any atom is 0.275 e. The Kier molecular flexibility index (Phi) is 6.93. The molecule has 1 amide bonds. The Morgan fingerprint density at radius 1 is 0.964 bits per heavy atom. The van der Waals surface area contributed by atoms with Gasteiger partial charge in [-0.25, -0.2) is 5.43 Å². The molecule has 7 heteroatoms. The smallest absolute Gasteiger partial charge is 0.275 e. The van der Waals surface area contributed by atoms with E-state index in [1.807, 2.05) is 12.1 Å². The van der Waals surface area contributed by atoms with Crippen LogP contribution in [0.2, 0.25) is 15.1 Å². The van der Waals surface area contributed by atoms with Crippen molar-refractivity contribution < 1.29 is 9.53 Å². The van der Waals surface area contributed by atoms with Crippen molar-refractivity contribution in [3.05, 3.63) is 98.5 Å². The Morgan fingerprint density at radius 2 is 1.71 bits per heavy atom. The lowest BCUT2D eigenvalue weighted by Crippen LogP contribution is -2.18. The zero-order valence-corrected chi connectivity index (χ0v) is 16.8. The van der Waals surface area contributed by atoms with E-state index in [4.69, 9.17) is 39.5 Å². The van der Waals surface area contributed by atoms with Gasteiger partial charge in [0.1, 0.15) is 12.4 Å². The predicted molar refractivity (Wildman–Crippen MR) is 114 cm³/mol. The standard InChI is InChI=1S/C21H15Cl3N2O2/c22-16-10-8-14(9-11-16)13-28-19-7-2-1-5-17(19)21(27)26-25-12-15-4-3-6-18(23)20(15)24/h1-12H,13H2,(H,26,27)/b25-12+. The molecule has 1 N–H and O–H groups in total. The second kappa shape index (κ2) is 9.60. The van der Waals surface area contributed by atoms with Gasteiger partial charge in [-0.3, -0.25) is 4.79 Å². The van der Waals surface area contributed by atoms with Crippen LogP contribution in [0.15, 0.2) is 71.8 Å². The van der Waals surface area contributed by atoms with Crippen LogP contribution < -0.4 is 10.2 Å². The molecule has 0 fully saturated rings. The monoisotopic (exact) mass is 432 g/mol. The number of benzene rings is 3. The number of halogens is 3. The summed E-state index contributed by atoms with van der Waals surface area (Å²) in [5.41, 5.74) is 4.37. The van der Waals surface area contributed by atoms with Gasteiger partial charge in [0.25, 0.3) is 5.91 Å². The molecular weight excluding hydrogens is 419 g/mol. The molecule has 0 saturated heterocycles. The first kappa shape index (κ1) is 20.2. The van der Waals surface area contributed by atoms with Gasteiger partial charge in [-0.05, 0) is 35.9 Å². The molecule has 0 bridgehead atoms. The quantitative estimate of drug-likeness (QED) is 0.383. The number of carbonyl (C=O) groups is 1. The minimum Gasteiger partial charge on any atom is -0.488 e. The van der Waals surface area contributed by atoms with Crippen molar-refractivity contribution in [2.75, 3.05) is 0 Å². The van der Waals surface area contributed by atoms with Crippen molar-refractivity contribution in [3.63, 3.8) is 0 Å². The largest absolute Gasteiger partial charge is 0.488 e. The SMILES string of the molecule is O=C(N/N=C/c1cccc(Cl)c1Cl)c1ccccc1OCc1ccc(Cl)cc1. The van der Waals surface area contributed by atoms with Gasteiger partial charge in [0.2, 0.25) is 0 Å². The van der Waals surface area contributed by atoms with Gasteiger partial charge in [0.15, 0.2) is 0 Å². The second-order valence-corrected chi connectivity index (χ2v) is 6.98.